The summed E-state index contributed by atoms with van der Waals surface area (Å²) in [5.41, 5.74) is 1.51. The van der Waals surface area contributed by atoms with Gasteiger partial charge >= 0.3 is 0 Å². The van der Waals surface area contributed by atoms with Gasteiger partial charge in [0.2, 0.25) is 5.91 Å². The summed E-state index contributed by atoms with van der Waals surface area (Å²) in [4.78, 5) is 15.4. The number of nitrogens with zero attached hydrogens (tertiary/aromatic N) is 3. The number of amides is 1. The Bertz CT molecular complexity index is 932. The first-order valence-electron chi connectivity index (χ1n) is 10.3. The van der Waals surface area contributed by atoms with Crippen LogP contribution in [0.1, 0.15) is 64.0 Å². The molecule has 1 amide bonds. The Morgan fingerprint density at radius 1 is 1.32 bits per heavy atom. The van der Waals surface area contributed by atoms with Crippen LogP contribution in [0.2, 0.25) is 5.02 Å². The number of aryl methyl sites for hydroxylation is 1. The molecule has 0 radical (unpaired) electrons. The van der Waals surface area contributed by atoms with E-state index in [1.165, 1.54) is 0 Å². The summed E-state index contributed by atoms with van der Waals surface area (Å²) in [7, 11) is 1.92. The second-order valence-corrected chi connectivity index (χ2v) is 10.3. The minimum Gasteiger partial charge on any atom is -0.390 e. The van der Waals surface area contributed by atoms with Crippen LogP contribution in [0.4, 0.5) is 0 Å². The van der Waals surface area contributed by atoms with Gasteiger partial charge in [0.05, 0.1) is 21.8 Å². The van der Waals surface area contributed by atoms with Crippen LogP contribution < -0.4 is 0 Å². The Morgan fingerprint density at radius 3 is 2.64 bits per heavy atom. The highest BCUT2D eigenvalue weighted by Gasteiger charge is 2.59. The molecule has 2 saturated carbocycles. The van der Waals surface area contributed by atoms with E-state index in [0.717, 1.165) is 48.7 Å². The number of carbonyl (C=O) groups excluding carboxylic acids is 1. The van der Waals surface area contributed by atoms with Gasteiger partial charge in [-0.1, -0.05) is 31.5 Å². The fourth-order valence-corrected chi connectivity index (χ4v) is 6.88. The van der Waals surface area contributed by atoms with Gasteiger partial charge in [0, 0.05) is 36.9 Å². The van der Waals surface area contributed by atoms with Crippen LogP contribution in [0, 0.1) is 5.41 Å². The fraction of sp³-hybridized carbons (Fsp3) is 0.636. The lowest BCUT2D eigenvalue weighted by Gasteiger charge is -2.63. The molecule has 0 spiro atoms. The minimum absolute atomic E-state index is 0.00744. The third kappa shape index (κ3) is 2.70. The average Bonchev–Trinajstić information content (AvgIpc) is 2.90. The van der Waals surface area contributed by atoms with Crippen LogP contribution in [-0.4, -0.2) is 43.4 Å². The number of rotatable bonds is 3. The molecule has 28 heavy (non-hydrogen) atoms. The molecule has 150 valence electrons. The van der Waals surface area contributed by atoms with Gasteiger partial charge in [0.15, 0.2) is 0 Å². The first kappa shape index (κ1) is 18.4. The lowest BCUT2D eigenvalue weighted by molar-refractivity contribution is -0.193. The molecule has 2 saturated heterocycles. The van der Waals surface area contributed by atoms with Crippen LogP contribution in [0.25, 0.3) is 10.9 Å². The third-order valence-corrected chi connectivity index (χ3v) is 7.64. The van der Waals surface area contributed by atoms with Crippen LogP contribution in [-0.2, 0) is 11.8 Å². The zero-order valence-electron chi connectivity index (χ0n) is 16.8. The van der Waals surface area contributed by atoms with Crippen molar-refractivity contribution < 1.29 is 9.90 Å². The van der Waals surface area contributed by atoms with Gasteiger partial charge in [-0.15, -0.1) is 0 Å². The van der Waals surface area contributed by atoms with Gasteiger partial charge in [-0.3, -0.25) is 9.48 Å². The maximum absolute atomic E-state index is 13.3. The summed E-state index contributed by atoms with van der Waals surface area (Å²) >= 11 is 6.46. The average molecular weight is 402 g/mol. The Kier molecular flexibility index (Phi) is 3.92. The number of hydrogen-bond donors (Lipinski definition) is 1. The largest absolute Gasteiger partial charge is 0.390 e. The normalized spacial score (nSPS) is 35.0. The Morgan fingerprint density at radius 2 is 2.00 bits per heavy atom. The second-order valence-electron chi connectivity index (χ2n) is 9.88. The number of benzene rings is 1. The van der Waals surface area contributed by atoms with Crippen molar-refractivity contribution in [2.45, 2.75) is 76.0 Å². The van der Waals surface area contributed by atoms with Crippen molar-refractivity contribution in [1.29, 1.82) is 0 Å². The van der Waals surface area contributed by atoms with Crippen molar-refractivity contribution in [3.05, 3.63) is 28.9 Å². The topological polar surface area (TPSA) is 58.4 Å². The number of aliphatic hydroxyl groups is 1. The number of aromatic nitrogens is 2. The Labute approximate surface area is 170 Å². The molecule has 4 aliphatic rings. The summed E-state index contributed by atoms with van der Waals surface area (Å²) in [5.74, 6) is 0.186. The summed E-state index contributed by atoms with van der Waals surface area (Å²) in [5, 5.41) is 17.2. The molecular formula is C22H28ClN3O2. The predicted octanol–water partition coefficient (Wildman–Crippen LogP) is 4.01. The van der Waals surface area contributed by atoms with Crippen molar-refractivity contribution in [3.8, 4) is 0 Å². The zero-order valence-corrected chi connectivity index (χ0v) is 17.5. The second kappa shape index (κ2) is 5.96. The van der Waals surface area contributed by atoms with Gasteiger partial charge in [0.25, 0.3) is 0 Å². The van der Waals surface area contributed by atoms with E-state index in [1.807, 2.05) is 29.9 Å². The van der Waals surface area contributed by atoms with Gasteiger partial charge < -0.3 is 10.0 Å². The first-order valence-corrected chi connectivity index (χ1v) is 10.7. The molecule has 6 rings (SSSR count). The van der Waals surface area contributed by atoms with Crippen molar-refractivity contribution in [2.24, 2.45) is 12.5 Å². The maximum atomic E-state index is 13.3. The Hall–Kier alpha value is -1.59. The molecule has 5 nitrogen and oxygen atoms in total. The van der Waals surface area contributed by atoms with Crippen molar-refractivity contribution in [1.82, 2.24) is 14.7 Å². The number of hydrogen-bond acceptors (Lipinski definition) is 3. The van der Waals surface area contributed by atoms with Gasteiger partial charge in [0.1, 0.15) is 0 Å². The predicted molar refractivity (Wildman–Crippen MR) is 109 cm³/mol. The summed E-state index contributed by atoms with van der Waals surface area (Å²) in [6, 6.07) is 6.18. The summed E-state index contributed by atoms with van der Waals surface area (Å²) in [6.45, 7) is 4.35. The number of piperidine rings is 2. The van der Waals surface area contributed by atoms with Gasteiger partial charge in [-0.2, -0.15) is 5.10 Å². The van der Waals surface area contributed by atoms with E-state index >= 15 is 0 Å². The Balaban J connectivity index is 1.40. The highest BCUT2D eigenvalue weighted by molar-refractivity contribution is 6.35. The maximum Gasteiger partial charge on any atom is 0.223 e. The van der Waals surface area contributed by atoms with Crippen molar-refractivity contribution in [3.63, 3.8) is 0 Å². The monoisotopic (exact) mass is 401 g/mol. The standard InChI is InChI=1S/C22H28ClN3O2/c1-13(20-19-16(23)5-4-6-17(19)25(3)24-20)7-18(27)26-14-8-21(2)9-15(26)11-22(28,10-14)12-21/h4-6,13-15,28H,7-12H2,1-3H3. The van der Waals surface area contributed by atoms with Gasteiger partial charge in [-0.25, -0.2) is 0 Å². The zero-order chi connectivity index (χ0) is 19.8. The molecule has 4 bridgehead atoms. The molecular weight excluding hydrogens is 374 g/mol. The number of carbonyl (C=O) groups is 1. The molecule has 2 aliphatic carbocycles. The van der Waals surface area contributed by atoms with E-state index in [4.69, 9.17) is 11.6 Å². The molecule has 3 heterocycles. The molecule has 2 aliphatic heterocycles. The third-order valence-electron chi connectivity index (χ3n) is 7.32. The first-order chi connectivity index (χ1) is 13.2. The number of fused-ring (bicyclic) bond motifs is 1. The molecule has 2 aromatic rings. The van der Waals surface area contributed by atoms with Crippen LogP contribution >= 0.6 is 11.6 Å². The van der Waals surface area contributed by atoms with Gasteiger partial charge in [-0.05, 0) is 49.7 Å². The molecule has 3 atom stereocenters. The minimum atomic E-state index is -0.562. The summed E-state index contributed by atoms with van der Waals surface area (Å²) in [6.07, 6.45) is 4.83. The highest BCUT2D eigenvalue weighted by atomic mass is 35.5. The van der Waals surface area contributed by atoms with Crippen molar-refractivity contribution >= 4 is 28.4 Å². The lowest BCUT2D eigenvalue weighted by Crippen LogP contribution is -2.68. The van der Waals surface area contributed by atoms with E-state index in [1.54, 1.807) is 0 Å². The van der Waals surface area contributed by atoms with E-state index in [-0.39, 0.29) is 29.3 Å². The molecule has 4 fully saturated rings. The SMILES string of the molecule is CC(CC(=O)N1C2CC3(C)CC1CC(O)(C2)C3)c1nn(C)c2cccc(Cl)c12. The molecule has 1 aromatic carbocycles. The fourth-order valence-electron chi connectivity index (χ4n) is 6.62. The highest BCUT2D eigenvalue weighted by Crippen LogP contribution is 2.57. The summed E-state index contributed by atoms with van der Waals surface area (Å²) < 4.78 is 1.84. The van der Waals surface area contributed by atoms with Crippen molar-refractivity contribution in [2.75, 3.05) is 0 Å². The molecule has 3 unspecified atom stereocenters. The quantitative estimate of drug-likeness (QED) is 0.845. The van der Waals surface area contributed by atoms with E-state index in [0.29, 0.717) is 11.4 Å². The van der Waals surface area contributed by atoms with Crippen LogP contribution in [0.15, 0.2) is 18.2 Å². The van der Waals surface area contributed by atoms with Crippen LogP contribution in [0.5, 0.6) is 0 Å². The van der Waals surface area contributed by atoms with Crippen LogP contribution in [0.3, 0.4) is 0 Å². The van der Waals surface area contributed by atoms with E-state index in [2.05, 4.69) is 23.8 Å². The van der Waals surface area contributed by atoms with E-state index in [9.17, 15) is 9.90 Å². The number of halogens is 1. The molecule has 6 heteroatoms. The molecule has 1 N–H and O–H groups in total. The molecule has 1 aromatic heterocycles. The smallest absolute Gasteiger partial charge is 0.223 e. The van der Waals surface area contributed by atoms with E-state index < -0.39 is 5.60 Å². The lowest BCUT2D eigenvalue weighted by atomic mass is 9.54.